The highest BCUT2D eigenvalue weighted by Crippen LogP contribution is 2.20. The zero-order valence-corrected chi connectivity index (χ0v) is 19.8. The topological polar surface area (TPSA) is 0 Å². The number of hydrogen-bond donors (Lipinski definition) is 1. The van der Waals surface area contributed by atoms with Crippen molar-refractivity contribution in [1.82, 2.24) is 0 Å². The van der Waals surface area contributed by atoms with E-state index < -0.39 is 0 Å². The van der Waals surface area contributed by atoms with Crippen molar-refractivity contribution in [3.8, 4) is 0 Å². The van der Waals surface area contributed by atoms with Crippen LogP contribution in [0.5, 0.6) is 0 Å². The van der Waals surface area contributed by atoms with E-state index in [0.29, 0.717) is 20.1 Å². The zero-order chi connectivity index (χ0) is 17.3. The van der Waals surface area contributed by atoms with Gasteiger partial charge >= 0.3 is 3.18 Å². The third kappa shape index (κ3) is 13.9. The third-order valence-corrected chi connectivity index (χ3v) is 2.99. The number of hydrogen-bond acceptors (Lipinski definition) is 1. The lowest BCUT2D eigenvalue weighted by molar-refractivity contribution is 1.47. The Morgan fingerprint density at radius 3 is 1.23 bits per heavy atom. The second-order valence-electron chi connectivity index (χ2n) is 3.82. The summed E-state index contributed by atoms with van der Waals surface area (Å²) >= 11 is 35.9. The molecule has 2 aromatic carbocycles. The average molecular weight is 591 g/mol. The van der Waals surface area contributed by atoms with E-state index in [2.05, 4.69) is 59.9 Å². The number of thiol groups is 1. The molecule has 0 bridgehead atoms. The lowest BCUT2D eigenvalue weighted by atomic mass is 10.2. The van der Waals surface area contributed by atoms with E-state index in [4.69, 9.17) is 46.4 Å². The van der Waals surface area contributed by atoms with Crippen LogP contribution in [-0.2, 0) is 0 Å². The summed E-state index contributed by atoms with van der Waals surface area (Å²) in [6.45, 7) is 1.96. The molecule has 0 heterocycles. The first-order chi connectivity index (χ1) is 10.1. The molecular formula is C13H10BBr3Cl4S. The van der Waals surface area contributed by atoms with E-state index in [1.165, 1.54) is 0 Å². The summed E-state index contributed by atoms with van der Waals surface area (Å²) in [5.74, 6) is 0. The molecule has 0 nitrogen and oxygen atoms in total. The number of benzene rings is 2. The van der Waals surface area contributed by atoms with Gasteiger partial charge < -0.3 is 0 Å². The molecule has 0 aromatic heterocycles. The maximum atomic E-state index is 5.67. The first kappa shape index (κ1) is 23.5. The number of aryl methyl sites for hydroxylation is 1. The number of halogens is 7. The molecule has 0 saturated heterocycles. The van der Waals surface area contributed by atoms with Gasteiger partial charge in [0.15, 0.2) is 0 Å². The Hall–Kier alpha value is 1.45. The Bertz CT molecular complexity index is 446. The van der Waals surface area contributed by atoms with Crippen LogP contribution < -0.4 is 0 Å². The lowest BCUT2D eigenvalue weighted by Crippen LogP contribution is -1.70. The van der Waals surface area contributed by atoms with Crippen LogP contribution in [0.2, 0.25) is 20.1 Å². The fourth-order valence-corrected chi connectivity index (χ4v) is 2.82. The fraction of sp³-hybridized carbons (Fsp3) is 0.0769. The molecule has 0 fully saturated rings. The van der Waals surface area contributed by atoms with Gasteiger partial charge in [-0.05, 0) is 48.9 Å². The Balaban J connectivity index is 0.000000326. The molecule has 0 amide bonds. The summed E-state index contributed by atoms with van der Waals surface area (Å²) < 4.78 is 0.271. The average Bonchev–Trinajstić information content (AvgIpc) is 2.23. The molecule has 0 spiro atoms. The molecule has 2 rings (SSSR count). The first-order valence-electron chi connectivity index (χ1n) is 5.60. The Morgan fingerprint density at radius 2 is 1.00 bits per heavy atom. The van der Waals surface area contributed by atoms with Crippen molar-refractivity contribution >= 4 is 109 Å². The SMILES string of the molecule is BrB(Br)Br.Cc1cc(Cl)cc(Cl)c1.Sc1cc(Cl)cc(Cl)c1. The summed E-state index contributed by atoms with van der Waals surface area (Å²) in [4.78, 5) is 0.785. The van der Waals surface area contributed by atoms with Crippen molar-refractivity contribution in [1.29, 1.82) is 0 Å². The predicted molar refractivity (Wildman–Crippen MR) is 117 cm³/mol. The Labute approximate surface area is 181 Å². The molecule has 0 atom stereocenters. The van der Waals surface area contributed by atoms with Gasteiger partial charge in [0.25, 0.3) is 0 Å². The van der Waals surface area contributed by atoms with Crippen LogP contribution in [0.1, 0.15) is 5.56 Å². The molecule has 0 aliphatic carbocycles. The normalized spacial score (nSPS) is 9.14. The minimum Gasteiger partial charge on any atom is -0.143 e. The minimum atomic E-state index is 0.271. The van der Waals surface area contributed by atoms with Crippen LogP contribution in [0.3, 0.4) is 0 Å². The van der Waals surface area contributed by atoms with Crippen LogP contribution in [0.4, 0.5) is 0 Å². The molecule has 0 saturated carbocycles. The van der Waals surface area contributed by atoms with Crippen LogP contribution in [-0.4, -0.2) is 3.18 Å². The first-order valence-corrected chi connectivity index (χ1v) is 10.3. The molecule has 0 radical (unpaired) electrons. The van der Waals surface area contributed by atoms with Crippen molar-refractivity contribution in [2.24, 2.45) is 0 Å². The van der Waals surface area contributed by atoms with Crippen LogP contribution in [0, 0.1) is 6.92 Å². The molecule has 120 valence electrons. The Kier molecular flexibility index (Phi) is 13.6. The lowest BCUT2D eigenvalue weighted by Gasteiger charge is -1.93. The predicted octanol–water partition coefficient (Wildman–Crippen LogP) is 8.74. The van der Waals surface area contributed by atoms with E-state index >= 15 is 0 Å². The van der Waals surface area contributed by atoms with Crippen LogP contribution in [0.15, 0.2) is 41.3 Å². The van der Waals surface area contributed by atoms with Gasteiger partial charge in [0, 0.05) is 25.0 Å². The highest BCUT2D eigenvalue weighted by Gasteiger charge is 1.92. The van der Waals surface area contributed by atoms with Crippen LogP contribution in [0.25, 0.3) is 0 Å². The minimum absolute atomic E-state index is 0.271. The van der Waals surface area contributed by atoms with Gasteiger partial charge in [0.2, 0.25) is 0 Å². The Morgan fingerprint density at radius 1 is 0.727 bits per heavy atom. The van der Waals surface area contributed by atoms with Crippen molar-refractivity contribution in [2.45, 2.75) is 11.8 Å². The summed E-state index contributed by atoms with van der Waals surface area (Å²) in [7, 11) is 0. The molecule has 0 N–H and O–H groups in total. The second kappa shape index (κ2) is 12.8. The van der Waals surface area contributed by atoms with Gasteiger partial charge in [-0.1, -0.05) is 46.4 Å². The molecule has 2 aromatic rings. The largest absolute Gasteiger partial charge is 0.369 e. The van der Waals surface area contributed by atoms with Gasteiger partial charge in [-0.15, -0.1) is 59.9 Å². The molecule has 0 aliphatic rings. The quantitative estimate of drug-likeness (QED) is 0.230. The zero-order valence-electron chi connectivity index (χ0n) is 11.1. The van der Waals surface area contributed by atoms with Gasteiger partial charge in [0.1, 0.15) is 0 Å². The smallest absolute Gasteiger partial charge is 0.143 e. The van der Waals surface area contributed by atoms with Gasteiger partial charge in [0.05, 0.1) is 0 Å². The van der Waals surface area contributed by atoms with Gasteiger partial charge in [-0.25, -0.2) is 0 Å². The number of rotatable bonds is 0. The van der Waals surface area contributed by atoms with E-state index in [1.54, 1.807) is 24.3 Å². The molecule has 0 aliphatic heterocycles. The standard InChI is InChI=1S/C7H6Cl2.C6H4Cl2S.BBr3/c1-5-2-6(8)4-7(9)3-5;7-4-1-5(8)3-6(9)2-4;2-1(3)4/h2-4H,1H3;1-3,9H;. The molecular weight excluding hydrogens is 581 g/mol. The molecule has 0 unspecified atom stereocenters. The second-order valence-corrected chi connectivity index (χ2v) is 12.5. The van der Waals surface area contributed by atoms with Crippen molar-refractivity contribution in [3.63, 3.8) is 0 Å². The highest BCUT2D eigenvalue weighted by atomic mass is 79.9. The maximum Gasteiger partial charge on any atom is 0.369 e. The van der Waals surface area contributed by atoms with Gasteiger partial charge in [-0.3, -0.25) is 0 Å². The van der Waals surface area contributed by atoms with E-state index in [9.17, 15) is 0 Å². The van der Waals surface area contributed by atoms with E-state index in [-0.39, 0.29) is 3.18 Å². The van der Waals surface area contributed by atoms with Crippen molar-refractivity contribution in [2.75, 3.05) is 0 Å². The highest BCUT2D eigenvalue weighted by molar-refractivity contribution is 9.69. The van der Waals surface area contributed by atoms with Crippen molar-refractivity contribution < 1.29 is 0 Å². The summed E-state index contributed by atoms with van der Waals surface area (Å²) in [6.07, 6.45) is 0. The third-order valence-electron chi connectivity index (χ3n) is 1.85. The van der Waals surface area contributed by atoms with E-state index in [1.807, 2.05) is 19.1 Å². The molecule has 9 heteroatoms. The van der Waals surface area contributed by atoms with Gasteiger partial charge in [-0.2, -0.15) is 0 Å². The summed E-state index contributed by atoms with van der Waals surface area (Å²) in [5, 5.41) is 2.63. The van der Waals surface area contributed by atoms with Crippen LogP contribution >= 0.6 is 106 Å². The fourth-order valence-electron chi connectivity index (χ4n) is 1.23. The maximum absolute atomic E-state index is 5.67. The van der Waals surface area contributed by atoms with Crippen molar-refractivity contribution in [3.05, 3.63) is 62.1 Å². The summed E-state index contributed by atoms with van der Waals surface area (Å²) in [5.41, 5.74) is 1.09. The monoisotopic (exact) mass is 586 g/mol. The van der Waals surface area contributed by atoms with E-state index in [0.717, 1.165) is 10.5 Å². The molecule has 22 heavy (non-hydrogen) atoms. The summed E-state index contributed by atoms with van der Waals surface area (Å²) in [6, 6.07) is 10.6.